The molecular formula is C15H19Cl2O5PS2. The molecule has 0 saturated carbocycles. The normalized spacial score (nSPS) is 12.8. The van der Waals surface area contributed by atoms with Crippen LogP contribution >= 0.6 is 40.3 Å². The minimum atomic E-state index is -2.84. The Morgan fingerprint density at radius 3 is 2.12 bits per heavy atom. The number of carboxylic acid groups (broad SMARTS) is 1. The number of halogens is 2. The average Bonchev–Trinajstić information content (AvgIpc) is 2.51. The summed E-state index contributed by atoms with van der Waals surface area (Å²) in [5.74, 6) is -1.55. The van der Waals surface area contributed by atoms with E-state index in [1.54, 1.807) is 20.8 Å². The molecule has 0 aliphatic rings. The molecule has 0 amide bonds. The molecule has 0 aliphatic carbocycles. The molecule has 1 aromatic rings. The Balaban J connectivity index is 3.00. The van der Waals surface area contributed by atoms with Crippen molar-refractivity contribution in [1.82, 2.24) is 0 Å². The minimum absolute atomic E-state index is 0.258. The summed E-state index contributed by atoms with van der Waals surface area (Å²) in [6.45, 7) is 5.83. The molecule has 10 heteroatoms. The van der Waals surface area contributed by atoms with Crippen LogP contribution < -0.4 is 0 Å². The maximum atomic E-state index is 12.5. The molecular weight excluding hydrogens is 426 g/mol. The molecule has 0 saturated heterocycles. The quantitative estimate of drug-likeness (QED) is 0.384. The van der Waals surface area contributed by atoms with E-state index >= 15 is 0 Å². The van der Waals surface area contributed by atoms with Crippen molar-refractivity contribution in [1.29, 1.82) is 0 Å². The van der Waals surface area contributed by atoms with Gasteiger partial charge >= 0.3 is 5.97 Å². The number of carbonyl (C=O) groups is 2. The van der Waals surface area contributed by atoms with Crippen molar-refractivity contribution < 1.29 is 23.7 Å². The van der Waals surface area contributed by atoms with Crippen LogP contribution in [0.5, 0.6) is 0 Å². The average molecular weight is 445 g/mol. The lowest BCUT2D eigenvalue weighted by molar-refractivity contribution is -0.136. The summed E-state index contributed by atoms with van der Waals surface area (Å²) >= 11 is 18.3. The smallest absolute Gasteiger partial charge is 0.317 e. The lowest BCUT2D eigenvalue weighted by Crippen LogP contribution is -2.21. The van der Waals surface area contributed by atoms with Gasteiger partial charge in [0.1, 0.15) is 5.25 Å². The predicted molar refractivity (Wildman–Crippen MR) is 107 cm³/mol. The van der Waals surface area contributed by atoms with Crippen LogP contribution in [-0.4, -0.2) is 35.3 Å². The Kier molecular flexibility index (Phi) is 9.40. The lowest BCUT2D eigenvalue weighted by atomic mass is 10.0. The highest BCUT2D eigenvalue weighted by molar-refractivity contribution is 8.68. The number of carbonyl (C=O) groups excluding carboxylic acids is 1. The van der Waals surface area contributed by atoms with Crippen molar-refractivity contribution in [2.45, 2.75) is 32.4 Å². The first-order chi connectivity index (χ1) is 11.6. The largest absolute Gasteiger partial charge is 0.480 e. The molecule has 1 atom stereocenters. The third-order valence-corrected chi connectivity index (χ3v) is 9.47. The number of aliphatic carboxylic acids is 1. The first kappa shape index (κ1) is 22.9. The van der Waals surface area contributed by atoms with E-state index < -0.39 is 22.7 Å². The summed E-state index contributed by atoms with van der Waals surface area (Å²) in [5.41, 5.74) is -1.92. The van der Waals surface area contributed by atoms with Crippen LogP contribution in [0.25, 0.3) is 0 Å². The minimum Gasteiger partial charge on any atom is -0.480 e. The van der Waals surface area contributed by atoms with Gasteiger partial charge in [-0.25, -0.2) is 0 Å². The van der Waals surface area contributed by atoms with Gasteiger partial charge in [-0.2, -0.15) is 0 Å². The summed E-state index contributed by atoms with van der Waals surface area (Å²) in [7, 11) is 0. The fourth-order valence-electron chi connectivity index (χ4n) is 1.83. The van der Waals surface area contributed by atoms with E-state index in [-0.39, 0.29) is 12.0 Å². The lowest BCUT2D eigenvalue weighted by Gasteiger charge is -2.23. The van der Waals surface area contributed by atoms with Gasteiger partial charge in [-0.3, -0.25) is 9.59 Å². The number of benzene rings is 1. The van der Waals surface area contributed by atoms with Gasteiger partial charge in [0.2, 0.25) is 5.69 Å². The van der Waals surface area contributed by atoms with Crippen molar-refractivity contribution in [3.05, 3.63) is 33.3 Å². The summed E-state index contributed by atoms with van der Waals surface area (Å²) in [6.07, 6.45) is -0.270. The molecule has 0 bridgehead atoms. The zero-order valence-electron chi connectivity index (χ0n) is 14.0. The highest BCUT2D eigenvalue weighted by atomic mass is 35.5. The predicted octanol–water partition coefficient (Wildman–Crippen LogP) is 5.36. The van der Waals surface area contributed by atoms with Gasteiger partial charge in [0.25, 0.3) is 0 Å². The number of ketones is 1. The van der Waals surface area contributed by atoms with E-state index in [1.165, 1.54) is 12.1 Å². The highest BCUT2D eigenvalue weighted by Gasteiger charge is 2.32. The first-order valence-electron chi connectivity index (χ1n) is 7.42. The van der Waals surface area contributed by atoms with E-state index in [2.05, 4.69) is 0 Å². The zero-order valence-corrected chi connectivity index (χ0v) is 18.0. The molecule has 1 N–H and O–H groups in total. The molecule has 0 aliphatic heterocycles. The van der Waals surface area contributed by atoms with E-state index in [1.807, 2.05) is 0 Å². The van der Waals surface area contributed by atoms with Crippen molar-refractivity contribution in [2.75, 3.05) is 13.2 Å². The first-order valence-corrected chi connectivity index (χ1v) is 12.3. The number of hydrogen-bond donors (Lipinski definition) is 1. The van der Waals surface area contributed by atoms with Crippen molar-refractivity contribution in [2.24, 2.45) is 0 Å². The van der Waals surface area contributed by atoms with Gasteiger partial charge in [-0.05, 0) is 50.3 Å². The van der Waals surface area contributed by atoms with Gasteiger partial charge in [-0.1, -0.05) is 34.6 Å². The van der Waals surface area contributed by atoms with Gasteiger partial charge in [-0.15, -0.1) is 0 Å². The Morgan fingerprint density at radius 2 is 1.72 bits per heavy atom. The van der Waals surface area contributed by atoms with Crippen LogP contribution in [0.4, 0.5) is 0 Å². The Hall–Kier alpha value is -0.140. The number of carboxylic acids is 1. The van der Waals surface area contributed by atoms with Crippen molar-refractivity contribution in [3.63, 3.8) is 0 Å². The summed E-state index contributed by atoms with van der Waals surface area (Å²) in [6, 6.07) is 2.96. The Morgan fingerprint density at radius 1 is 1.24 bits per heavy atom. The maximum Gasteiger partial charge on any atom is 0.317 e. The summed E-state index contributed by atoms with van der Waals surface area (Å²) in [5, 5.41) is 9.07. The summed E-state index contributed by atoms with van der Waals surface area (Å²) in [4.78, 5) is 24.1. The van der Waals surface area contributed by atoms with Crippen molar-refractivity contribution in [3.8, 4) is 0 Å². The van der Waals surface area contributed by atoms with E-state index in [9.17, 15) is 14.7 Å². The third-order valence-electron chi connectivity index (χ3n) is 3.08. The zero-order chi connectivity index (χ0) is 19.2. The molecule has 0 radical (unpaired) electrons. The van der Waals surface area contributed by atoms with Crippen LogP contribution in [0.15, 0.2) is 12.1 Å². The molecule has 1 aromatic carbocycles. The monoisotopic (exact) mass is 444 g/mol. The second-order valence-electron chi connectivity index (χ2n) is 4.91. The fourth-order valence-corrected chi connectivity index (χ4v) is 7.77. The molecule has 140 valence electrons. The Bertz CT molecular complexity index is 665. The van der Waals surface area contributed by atoms with Gasteiger partial charge in [0.05, 0.1) is 13.2 Å². The van der Waals surface area contributed by atoms with E-state index in [0.29, 0.717) is 28.8 Å². The number of hydrogen-bond acceptors (Lipinski definition) is 6. The molecule has 1 unspecified atom stereocenters. The molecule has 0 aromatic heterocycles. The topological polar surface area (TPSA) is 72.8 Å². The van der Waals surface area contributed by atoms with Crippen LogP contribution in [-0.2, 0) is 25.6 Å². The molecule has 5 nitrogen and oxygen atoms in total. The Labute approximate surface area is 166 Å². The van der Waals surface area contributed by atoms with Gasteiger partial charge in [0.15, 0.2) is 5.78 Å². The van der Waals surface area contributed by atoms with Crippen LogP contribution in [0.2, 0.25) is 10.0 Å². The third kappa shape index (κ3) is 6.83. The van der Waals surface area contributed by atoms with Gasteiger partial charge < -0.3 is 14.2 Å². The van der Waals surface area contributed by atoms with Gasteiger partial charge in [0, 0.05) is 22.0 Å². The van der Waals surface area contributed by atoms with Crippen molar-refractivity contribution >= 4 is 63.8 Å². The number of rotatable bonds is 10. The molecule has 0 heterocycles. The fraction of sp³-hybridized carbons (Fsp3) is 0.467. The summed E-state index contributed by atoms with van der Waals surface area (Å²) < 4.78 is 10.9. The molecule has 1 rings (SSSR count). The second kappa shape index (κ2) is 10.3. The van der Waals surface area contributed by atoms with Crippen LogP contribution in [0.1, 0.15) is 36.2 Å². The van der Waals surface area contributed by atoms with E-state index in [4.69, 9.17) is 44.1 Å². The SMILES string of the molecule is CCOP(=S)(OCC)SC(CC(=O)c1cc(Cl)c(C)c(Cl)c1)C(=O)O. The van der Waals surface area contributed by atoms with Crippen LogP contribution in [0.3, 0.4) is 0 Å². The van der Waals surface area contributed by atoms with E-state index in [0.717, 1.165) is 11.4 Å². The second-order valence-corrected chi connectivity index (χ2v) is 12.1. The molecule has 25 heavy (non-hydrogen) atoms. The van der Waals surface area contributed by atoms with Crippen LogP contribution in [0, 0.1) is 6.92 Å². The number of Topliss-reactive ketones (excluding diaryl/α,β-unsaturated/α-hetero) is 1. The highest BCUT2D eigenvalue weighted by Crippen LogP contribution is 2.63. The molecule has 0 fully saturated rings. The standard InChI is InChI=1S/C15H19Cl2O5PS2/c1-4-21-23(24,22-5-2)25-14(15(19)20)8-13(18)10-6-11(16)9(3)12(17)7-10/h6-7,14H,4-5,8H2,1-3H3,(H,19,20). The maximum absolute atomic E-state index is 12.5. The molecule has 0 spiro atoms.